The molecule has 18 heavy (non-hydrogen) atoms. The first-order chi connectivity index (χ1) is 8.54. The molecule has 0 fully saturated rings. The van der Waals surface area contributed by atoms with Gasteiger partial charge in [-0.25, -0.2) is 4.79 Å². The maximum Gasteiger partial charge on any atom is 0.328 e. The molecule has 1 aromatic carbocycles. The van der Waals surface area contributed by atoms with Crippen LogP contribution in [-0.4, -0.2) is 17.6 Å². The summed E-state index contributed by atoms with van der Waals surface area (Å²) in [6.07, 6.45) is 3.05. The summed E-state index contributed by atoms with van der Waals surface area (Å²) >= 11 is 0. The Labute approximate surface area is 109 Å². The van der Waals surface area contributed by atoms with Crippen molar-refractivity contribution in [1.29, 1.82) is 0 Å². The molecule has 0 heterocycles. The Hall–Kier alpha value is -1.35. The molecular formula is C15H23NO2. The standard InChI is InChI=1S/C15H23NO2/c1-4-6-12-7-9-13(10-8-12)15(3,14(17)18)16-11-5-2/h7-10,16H,4-6,11H2,1-3H3,(H,17,18). The quantitative estimate of drug-likeness (QED) is 0.781. The van der Waals surface area contributed by atoms with Crippen LogP contribution in [0.4, 0.5) is 0 Å². The molecule has 0 aliphatic rings. The number of carbonyl (C=O) groups is 1. The lowest BCUT2D eigenvalue weighted by atomic mass is 9.90. The highest BCUT2D eigenvalue weighted by molar-refractivity contribution is 5.80. The van der Waals surface area contributed by atoms with Crippen LogP contribution in [-0.2, 0) is 16.8 Å². The largest absolute Gasteiger partial charge is 0.480 e. The van der Waals surface area contributed by atoms with E-state index in [0.29, 0.717) is 6.54 Å². The zero-order valence-corrected chi connectivity index (χ0v) is 11.5. The van der Waals surface area contributed by atoms with Gasteiger partial charge < -0.3 is 5.11 Å². The Kier molecular flexibility index (Phi) is 5.35. The van der Waals surface area contributed by atoms with Gasteiger partial charge in [0.1, 0.15) is 5.54 Å². The highest BCUT2D eigenvalue weighted by Gasteiger charge is 2.34. The van der Waals surface area contributed by atoms with E-state index in [2.05, 4.69) is 12.2 Å². The Balaban J connectivity index is 2.95. The van der Waals surface area contributed by atoms with E-state index in [9.17, 15) is 9.90 Å². The van der Waals surface area contributed by atoms with Gasteiger partial charge in [-0.3, -0.25) is 5.32 Å². The first-order valence-electron chi connectivity index (χ1n) is 6.62. The molecule has 0 bridgehead atoms. The lowest BCUT2D eigenvalue weighted by Crippen LogP contribution is -2.46. The average Bonchev–Trinajstić information content (AvgIpc) is 2.37. The fraction of sp³-hybridized carbons (Fsp3) is 0.533. The van der Waals surface area contributed by atoms with Gasteiger partial charge in [0.15, 0.2) is 0 Å². The van der Waals surface area contributed by atoms with E-state index in [1.54, 1.807) is 6.92 Å². The minimum Gasteiger partial charge on any atom is -0.480 e. The topological polar surface area (TPSA) is 49.3 Å². The molecule has 0 saturated carbocycles. The highest BCUT2D eigenvalue weighted by Crippen LogP contribution is 2.22. The van der Waals surface area contributed by atoms with Crippen LogP contribution < -0.4 is 5.32 Å². The van der Waals surface area contributed by atoms with Crippen molar-refractivity contribution in [3.8, 4) is 0 Å². The van der Waals surface area contributed by atoms with Crippen LogP contribution in [0.25, 0.3) is 0 Å². The van der Waals surface area contributed by atoms with Gasteiger partial charge >= 0.3 is 5.97 Å². The molecule has 0 saturated heterocycles. The highest BCUT2D eigenvalue weighted by atomic mass is 16.4. The molecule has 1 atom stereocenters. The summed E-state index contributed by atoms with van der Waals surface area (Å²) in [5.41, 5.74) is 1.06. The number of hydrogen-bond donors (Lipinski definition) is 2. The van der Waals surface area contributed by atoms with Crippen molar-refractivity contribution in [2.75, 3.05) is 6.54 Å². The van der Waals surface area contributed by atoms with Crippen LogP contribution in [0.5, 0.6) is 0 Å². The number of aliphatic carboxylic acids is 1. The van der Waals surface area contributed by atoms with Crippen molar-refractivity contribution in [3.63, 3.8) is 0 Å². The summed E-state index contributed by atoms with van der Waals surface area (Å²) in [7, 11) is 0. The van der Waals surface area contributed by atoms with Gasteiger partial charge in [0.05, 0.1) is 0 Å². The minimum atomic E-state index is -0.999. The summed E-state index contributed by atoms with van der Waals surface area (Å²) in [5.74, 6) is -0.834. The third-order valence-electron chi connectivity index (χ3n) is 3.23. The second-order valence-corrected chi connectivity index (χ2v) is 4.80. The molecule has 0 aromatic heterocycles. The lowest BCUT2D eigenvalue weighted by molar-refractivity contribution is -0.144. The van der Waals surface area contributed by atoms with Crippen molar-refractivity contribution >= 4 is 5.97 Å². The van der Waals surface area contributed by atoms with E-state index < -0.39 is 11.5 Å². The summed E-state index contributed by atoms with van der Waals surface area (Å²) in [4.78, 5) is 11.5. The zero-order valence-electron chi connectivity index (χ0n) is 11.5. The molecule has 3 heteroatoms. The molecule has 1 unspecified atom stereocenters. The molecule has 3 nitrogen and oxygen atoms in total. The molecule has 0 amide bonds. The molecule has 0 aliphatic carbocycles. The number of nitrogens with one attached hydrogen (secondary N) is 1. The second kappa shape index (κ2) is 6.55. The number of aryl methyl sites for hydroxylation is 1. The second-order valence-electron chi connectivity index (χ2n) is 4.80. The third kappa shape index (κ3) is 3.33. The van der Waals surface area contributed by atoms with E-state index in [-0.39, 0.29) is 0 Å². The molecule has 0 radical (unpaired) electrons. The van der Waals surface area contributed by atoms with Crippen molar-refractivity contribution in [1.82, 2.24) is 5.32 Å². The van der Waals surface area contributed by atoms with Crippen molar-refractivity contribution < 1.29 is 9.90 Å². The molecular weight excluding hydrogens is 226 g/mol. The van der Waals surface area contributed by atoms with Crippen LogP contribution in [0.3, 0.4) is 0 Å². The van der Waals surface area contributed by atoms with Crippen LogP contribution in [0.2, 0.25) is 0 Å². The molecule has 1 aromatic rings. The predicted molar refractivity (Wildman–Crippen MR) is 73.7 cm³/mol. The fourth-order valence-electron chi connectivity index (χ4n) is 1.97. The van der Waals surface area contributed by atoms with E-state index in [1.807, 2.05) is 31.2 Å². The summed E-state index contributed by atoms with van der Waals surface area (Å²) < 4.78 is 0. The Morgan fingerprint density at radius 3 is 2.28 bits per heavy atom. The SMILES string of the molecule is CCCNC(C)(C(=O)O)c1ccc(CCC)cc1. The van der Waals surface area contributed by atoms with E-state index >= 15 is 0 Å². The number of rotatable bonds is 7. The predicted octanol–water partition coefficient (Wildman–Crippen LogP) is 2.94. The normalized spacial score (nSPS) is 14.2. The van der Waals surface area contributed by atoms with E-state index in [1.165, 1.54) is 5.56 Å². The summed E-state index contributed by atoms with van der Waals surface area (Å²) in [6, 6.07) is 7.88. The number of carboxylic acids is 1. The average molecular weight is 249 g/mol. The van der Waals surface area contributed by atoms with Crippen LogP contribution in [0.15, 0.2) is 24.3 Å². The summed E-state index contributed by atoms with van der Waals surface area (Å²) in [6.45, 7) is 6.58. The van der Waals surface area contributed by atoms with Gasteiger partial charge in [0.2, 0.25) is 0 Å². The van der Waals surface area contributed by atoms with Gasteiger partial charge in [0.25, 0.3) is 0 Å². The number of hydrogen-bond acceptors (Lipinski definition) is 2. The maximum absolute atomic E-state index is 11.5. The summed E-state index contributed by atoms with van der Waals surface area (Å²) in [5, 5.41) is 12.5. The molecule has 2 N–H and O–H groups in total. The van der Waals surface area contributed by atoms with Crippen molar-refractivity contribution in [2.24, 2.45) is 0 Å². The van der Waals surface area contributed by atoms with E-state index in [0.717, 1.165) is 24.8 Å². The Morgan fingerprint density at radius 1 is 1.22 bits per heavy atom. The Morgan fingerprint density at radius 2 is 1.83 bits per heavy atom. The monoisotopic (exact) mass is 249 g/mol. The maximum atomic E-state index is 11.5. The number of benzene rings is 1. The minimum absolute atomic E-state index is 0.694. The van der Waals surface area contributed by atoms with Gasteiger partial charge in [-0.1, -0.05) is 44.5 Å². The third-order valence-corrected chi connectivity index (χ3v) is 3.23. The molecule has 1 rings (SSSR count). The fourth-order valence-corrected chi connectivity index (χ4v) is 1.97. The van der Waals surface area contributed by atoms with Crippen LogP contribution >= 0.6 is 0 Å². The molecule has 0 aliphatic heterocycles. The van der Waals surface area contributed by atoms with Crippen LogP contribution in [0, 0.1) is 0 Å². The molecule has 0 spiro atoms. The van der Waals surface area contributed by atoms with Gasteiger partial charge in [-0.2, -0.15) is 0 Å². The first-order valence-corrected chi connectivity index (χ1v) is 6.62. The smallest absolute Gasteiger partial charge is 0.328 e. The number of carboxylic acid groups (broad SMARTS) is 1. The lowest BCUT2D eigenvalue weighted by Gasteiger charge is -2.27. The van der Waals surface area contributed by atoms with Gasteiger partial charge in [-0.15, -0.1) is 0 Å². The zero-order chi connectivity index (χ0) is 13.6. The Bertz CT molecular complexity index is 386. The van der Waals surface area contributed by atoms with Crippen molar-refractivity contribution in [2.45, 2.75) is 45.6 Å². The van der Waals surface area contributed by atoms with Gasteiger partial charge in [0, 0.05) is 0 Å². The van der Waals surface area contributed by atoms with Gasteiger partial charge in [-0.05, 0) is 37.4 Å². The molecule has 100 valence electrons. The first kappa shape index (κ1) is 14.7. The van der Waals surface area contributed by atoms with E-state index in [4.69, 9.17) is 0 Å². The van der Waals surface area contributed by atoms with Crippen molar-refractivity contribution in [3.05, 3.63) is 35.4 Å². The van der Waals surface area contributed by atoms with Crippen LogP contribution in [0.1, 0.15) is 44.7 Å².